The minimum absolute atomic E-state index is 0.438. The average molecular weight is 392 g/mol. The second kappa shape index (κ2) is 7.33. The van der Waals surface area contributed by atoms with Gasteiger partial charge in [-0.3, -0.25) is 4.90 Å². The average Bonchev–Trinajstić information content (AvgIpc) is 3.50. The van der Waals surface area contributed by atoms with Crippen LogP contribution in [0.2, 0.25) is 0 Å². The number of benzene rings is 1. The molecule has 3 aromatic heterocycles. The van der Waals surface area contributed by atoms with E-state index < -0.39 is 0 Å². The zero-order valence-electron chi connectivity index (χ0n) is 15.5. The number of thiophene rings is 1. The summed E-state index contributed by atoms with van der Waals surface area (Å²) in [7, 11) is 0. The van der Waals surface area contributed by atoms with Crippen LogP contribution in [0, 0.1) is 6.92 Å². The molecule has 0 N–H and O–H groups in total. The van der Waals surface area contributed by atoms with Crippen molar-refractivity contribution in [3.63, 3.8) is 0 Å². The molecule has 0 bridgehead atoms. The maximum atomic E-state index is 6.04. The van der Waals surface area contributed by atoms with E-state index in [9.17, 15) is 0 Å². The standard InChI is InChI=1S/C21H20N4O2S/c1-14-19(20(24-27-14)15-7-3-2-4-8-15)21-23-22-18(26-21)13-25-11-5-9-16(25)17-10-6-12-28-17/h2-4,6-8,10,12,16H,5,9,11,13H2,1H3/t16-/m0/s1. The highest BCUT2D eigenvalue weighted by Gasteiger charge is 2.29. The van der Waals surface area contributed by atoms with E-state index in [1.807, 2.05) is 48.6 Å². The van der Waals surface area contributed by atoms with E-state index in [4.69, 9.17) is 8.94 Å². The Balaban J connectivity index is 1.41. The molecule has 0 unspecified atom stereocenters. The minimum Gasteiger partial charge on any atom is -0.419 e. The van der Waals surface area contributed by atoms with Crippen molar-refractivity contribution in [2.75, 3.05) is 6.54 Å². The lowest BCUT2D eigenvalue weighted by Gasteiger charge is -2.21. The van der Waals surface area contributed by atoms with Crippen LogP contribution in [-0.2, 0) is 6.54 Å². The SMILES string of the molecule is Cc1onc(-c2ccccc2)c1-c1nnc(CN2CCC[C@H]2c2cccs2)o1. The van der Waals surface area contributed by atoms with E-state index in [1.165, 1.54) is 17.7 Å². The number of aromatic nitrogens is 3. The van der Waals surface area contributed by atoms with E-state index in [1.54, 1.807) is 0 Å². The van der Waals surface area contributed by atoms with Gasteiger partial charge in [0.25, 0.3) is 5.89 Å². The topological polar surface area (TPSA) is 68.2 Å². The zero-order valence-corrected chi connectivity index (χ0v) is 16.4. The fourth-order valence-corrected chi connectivity index (χ4v) is 4.72. The lowest BCUT2D eigenvalue weighted by Crippen LogP contribution is -2.22. The maximum absolute atomic E-state index is 6.04. The van der Waals surface area contributed by atoms with Crippen molar-refractivity contribution < 1.29 is 8.94 Å². The molecule has 1 aromatic carbocycles. The Kier molecular flexibility index (Phi) is 4.54. The Bertz CT molecular complexity index is 1060. The summed E-state index contributed by atoms with van der Waals surface area (Å²) < 4.78 is 11.5. The van der Waals surface area contributed by atoms with Gasteiger partial charge >= 0.3 is 0 Å². The molecule has 7 heteroatoms. The highest BCUT2D eigenvalue weighted by atomic mass is 32.1. The molecule has 4 heterocycles. The monoisotopic (exact) mass is 392 g/mol. The molecule has 1 saturated heterocycles. The fraction of sp³-hybridized carbons (Fsp3) is 0.286. The van der Waals surface area contributed by atoms with Gasteiger partial charge in [0.05, 0.1) is 6.54 Å². The van der Waals surface area contributed by atoms with Gasteiger partial charge in [-0.1, -0.05) is 41.6 Å². The van der Waals surface area contributed by atoms with Gasteiger partial charge in [0, 0.05) is 16.5 Å². The van der Waals surface area contributed by atoms with Crippen molar-refractivity contribution in [1.82, 2.24) is 20.3 Å². The predicted molar refractivity (Wildman–Crippen MR) is 107 cm³/mol. The lowest BCUT2D eigenvalue weighted by atomic mass is 10.1. The van der Waals surface area contributed by atoms with Gasteiger partial charge in [0.2, 0.25) is 5.89 Å². The summed E-state index contributed by atoms with van der Waals surface area (Å²) in [5, 5.41) is 14.9. The summed E-state index contributed by atoms with van der Waals surface area (Å²) in [5.74, 6) is 1.75. The van der Waals surface area contributed by atoms with Crippen LogP contribution < -0.4 is 0 Å². The molecule has 0 spiro atoms. The number of aryl methyl sites for hydroxylation is 1. The summed E-state index contributed by atoms with van der Waals surface area (Å²) in [6, 6.07) is 14.7. The Morgan fingerprint density at radius 2 is 2.04 bits per heavy atom. The van der Waals surface area contributed by atoms with Gasteiger partial charge in [-0.25, -0.2) is 0 Å². The van der Waals surface area contributed by atoms with E-state index >= 15 is 0 Å². The first kappa shape index (κ1) is 17.3. The van der Waals surface area contributed by atoms with Crippen molar-refractivity contribution in [3.05, 3.63) is 64.4 Å². The third kappa shape index (κ3) is 3.16. The molecule has 1 aliphatic heterocycles. The maximum Gasteiger partial charge on any atom is 0.253 e. The second-order valence-corrected chi connectivity index (χ2v) is 7.95. The van der Waals surface area contributed by atoms with Crippen LogP contribution in [0.4, 0.5) is 0 Å². The molecule has 142 valence electrons. The third-order valence-electron chi connectivity index (χ3n) is 5.16. The van der Waals surface area contributed by atoms with Crippen LogP contribution in [0.5, 0.6) is 0 Å². The van der Waals surface area contributed by atoms with Crippen LogP contribution in [0.15, 0.2) is 56.8 Å². The first-order valence-corrected chi connectivity index (χ1v) is 10.3. The molecule has 5 rings (SSSR count). The quantitative estimate of drug-likeness (QED) is 0.471. The number of nitrogens with zero attached hydrogens (tertiary/aromatic N) is 4. The Labute approximate surface area is 166 Å². The van der Waals surface area contributed by atoms with Crippen molar-refractivity contribution in [2.45, 2.75) is 32.4 Å². The van der Waals surface area contributed by atoms with Crippen LogP contribution in [-0.4, -0.2) is 26.8 Å². The molecule has 4 aromatic rings. The molecule has 0 aliphatic carbocycles. The van der Waals surface area contributed by atoms with E-state index in [0.717, 1.165) is 23.4 Å². The number of hydrogen-bond donors (Lipinski definition) is 0. The van der Waals surface area contributed by atoms with Gasteiger partial charge in [-0.15, -0.1) is 21.5 Å². The van der Waals surface area contributed by atoms with Crippen molar-refractivity contribution in [3.8, 4) is 22.7 Å². The summed E-state index contributed by atoms with van der Waals surface area (Å²) in [5.41, 5.74) is 2.46. The molecule has 0 amide bonds. The summed E-state index contributed by atoms with van der Waals surface area (Å²) >= 11 is 1.81. The fourth-order valence-electron chi connectivity index (χ4n) is 3.83. The molecule has 6 nitrogen and oxygen atoms in total. The van der Waals surface area contributed by atoms with Gasteiger partial charge in [0.15, 0.2) is 0 Å². The van der Waals surface area contributed by atoms with E-state index in [0.29, 0.717) is 30.1 Å². The number of rotatable bonds is 5. The molecular formula is C21H20N4O2S. The first-order valence-electron chi connectivity index (χ1n) is 9.41. The van der Waals surface area contributed by atoms with Crippen molar-refractivity contribution in [2.24, 2.45) is 0 Å². The zero-order chi connectivity index (χ0) is 18.9. The van der Waals surface area contributed by atoms with E-state index in [-0.39, 0.29) is 0 Å². The van der Waals surface area contributed by atoms with Crippen LogP contribution >= 0.6 is 11.3 Å². The van der Waals surface area contributed by atoms with Gasteiger partial charge < -0.3 is 8.94 Å². The normalized spacial score (nSPS) is 17.4. The van der Waals surface area contributed by atoms with Crippen LogP contribution in [0.25, 0.3) is 22.7 Å². The van der Waals surface area contributed by atoms with E-state index in [2.05, 4.69) is 37.8 Å². The Hall–Kier alpha value is -2.77. The van der Waals surface area contributed by atoms with Crippen molar-refractivity contribution in [1.29, 1.82) is 0 Å². The first-order chi connectivity index (χ1) is 13.8. The molecule has 1 aliphatic rings. The second-order valence-electron chi connectivity index (χ2n) is 6.97. The molecule has 1 fully saturated rings. The highest BCUT2D eigenvalue weighted by Crippen LogP contribution is 2.36. The smallest absolute Gasteiger partial charge is 0.253 e. The van der Waals surface area contributed by atoms with Gasteiger partial charge in [0.1, 0.15) is 17.0 Å². The number of likely N-dealkylation sites (tertiary alicyclic amines) is 1. The van der Waals surface area contributed by atoms with Gasteiger partial charge in [-0.05, 0) is 37.8 Å². The molecule has 0 saturated carbocycles. The lowest BCUT2D eigenvalue weighted by molar-refractivity contribution is 0.227. The van der Waals surface area contributed by atoms with Crippen LogP contribution in [0.3, 0.4) is 0 Å². The minimum atomic E-state index is 0.438. The third-order valence-corrected chi connectivity index (χ3v) is 6.14. The highest BCUT2D eigenvalue weighted by molar-refractivity contribution is 7.10. The molecule has 0 radical (unpaired) electrons. The Morgan fingerprint density at radius 3 is 2.86 bits per heavy atom. The molecule has 28 heavy (non-hydrogen) atoms. The summed E-state index contributed by atoms with van der Waals surface area (Å²) in [6.07, 6.45) is 2.36. The molecular weight excluding hydrogens is 372 g/mol. The van der Waals surface area contributed by atoms with Crippen LogP contribution in [0.1, 0.15) is 35.4 Å². The Morgan fingerprint density at radius 1 is 1.14 bits per heavy atom. The summed E-state index contributed by atoms with van der Waals surface area (Å²) in [4.78, 5) is 3.82. The number of hydrogen-bond acceptors (Lipinski definition) is 7. The largest absolute Gasteiger partial charge is 0.419 e. The van der Waals surface area contributed by atoms with Crippen molar-refractivity contribution >= 4 is 11.3 Å². The molecule has 1 atom stereocenters. The summed E-state index contributed by atoms with van der Waals surface area (Å²) in [6.45, 7) is 3.56. The van der Waals surface area contributed by atoms with Gasteiger partial charge in [-0.2, -0.15) is 0 Å². The predicted octanol–water partition coefficient (Wildman–Crippen LogP) is 5.10.